The summed E-state index contributed by atoms with van der Waals surface area (Å²) in [5, 5.41) is 3.54. The lowest BCUT2D eigenvalue weighted by atomic mass is 10.2. The Bertz CT molecular complexity index is 158. The van der Waals surface area contributed by atoms with Crippen LogP contribution in [-0.4, -0.2) is 11.2 Å². The van der Waals surface area contributed by atoms with Gasteiger partial charge in [0, 0.05) is 11.6 Å². The fraction of sp³-hybridized carbons (Fsp3) is 0.500. The number of hydrogen-bond donors (Lipinski definition) is 1. The van der Waals surface area contributed by atoms with Gasteiger partial charge in [-0.05, 0) is 13.3 Å². The van der Waals surface area contributed by atoms with E-state index in [0.29, 0.717) is 0 Å². The van der Waals surface area contributed by atoms with Gasteiger partial charge in [0.2, 0.25) is 0 Å². The molecule has 0 radical (unpaired) electrons. The van der Waals surface area contributed by atoms with Crippen molar-refractivity contribution < 1.29 is 4.52 Å². The van der Waals surface area contributed by atoms with E-state index in [1.165, 1.54) is 0 Å². The SMILES string of the molecule is CC(N)Cc1cnoc1. The summed E-state index contributed by atoms with van der Waals surface area (Å²) in [4.78, 5) is 0. The third-order valence-electron chi connectivity index (χ3n) is 1.04. The lowest BCUT2D eigenvalue weighted by molar-refractivity contribution is 0.418. The molecule has 3 nitrogen and oxygen atoms in total. The van der Waals surface area contributed by atoms with Crippen molar-refractivity contribution in [3.8, 4) is 0 Å². The van der Waals surface area contributed by atoms with Gasteiger partial charge < -0.3 is 10.3 Å². The van der Waals surface area contributed by atoms with Crippen LogP contribution in [0.2, 0.25) is 0 Å². The van der Waals surface area contributed by atoms with E-state index < -0.39 is 0 Å². The first-order valence-corrected chi connectivity index (χ1v) is 2.93. The van der Waals surface area contributed by atoms with Gasteiger partial charge in [0.25, 0.3) is 0 Å². The van der Waals surface area contributed by atoms with E-state index in [2.05, 4.69) is 9.68 Å². The maximum absolute atomic E-state index is 5.51. The number of rotatable bonds is 2. The number of nitrogens with zero attached hydrogens (tertiary/aromatic N) is 1. The zero-order valence-electron chi connectivity index (χ0n) is 5.37. The molecule has 0 aromatic carbocycles. The molecule has 0 amide bonds. The average Bonchev–Trinajstić information content (AvgIpc) is 2.15. The maximum Gasteiger partial charge on any atom is 0.127 e. The molecule has 0 aliphatic carbocycles. The summed E-state index contributed by atoms with van der Waals surface area (Å²) in [6.45, 7) is 1.95. The van der Waals surface area contributed by atoms with Gasteiger partial charge >= 0.3 is 0 Å². The molecule has 3 heteroatoms. The quantitative estimate of drug-likeness (QED) is 0.630. The van der Waals surface area contributed by atoms with Gasteiger partial charge in [0.1, 0.15) is 6.26 Å². The normalized spacial score (nSPS) is 13.6. The van der Waals surface area contributed by atoms with Crippen LogP contribution in [0.1, 0.15) is 12.5 Å². The summed E-state index contributed by atoms with van der Waals surface area (Å²) in [7, 11) is 0. The van der Waals surface area contributed by atoms with E-state index >= 15 is 0 Å². The fourth-order valence-electron chi connectivity index (χ4n) is 0.699. The van der Waals surface area contributed by atoms with Crippen LogP contribution in [0.4, 0.5) is 0 Å². The largest absolute Gasteiger partial charge is 0.364 e. The fourth-order valence-corrected chi connectivity index (χ4v) is 0.699. The number of nitrogens with two attached hydrogens (primary N) is 1. The van der Waals surface area contributed by atoms with Crippen molar-refractivity contribution in [1.29, 1.82) is 0 Å². The van der Waals surface area contributed by atoms with Crippen molar-refractivity contribution in [2.24, 2.45) is 5.73 Å². The molecule has 2 N–H and O–H groups in total. The molecule has 1 heterocycles. The summed E-state index contributed by atoms with van der Waals surface area (Å²) < 4.78 is 4.61. The summed E-state index contributed by atoms with van der Waals surface area (Å²) >= 11 is 0. The Morgan fingerprint density at radius 3 is 3.11 bits per heavy atom. The zero-order chi connectivity index (χ0) is 6.69. The molecular weight excluding hydrogens is 116 g/mol. The van der Waals surface area contributed by atoms with Crippen molar-refractivity contribution in [2.45, 2.75) is 19.4 Å². The molecule has 0 fully saturated rings. The maximum atomic E-state index is 5.51. The first-order valence-electron chi connectivity index (χ1n) is 2.93. The molecule has 0 spiro atoms. The minimum atomic E-state index is 0.185. The second-order valence-electron chi connectivity index (χ2n) is 2.21. The molecule has 1 atom stereocenters. The average molecular weight is 126 g/mol. The van der Waals surface area contributed by atoms with Crippen LogP contribution in [0.15, 0.2) is 17.0 Å². The predicted molar refractivity (Wildman–Crippen MR) is 33.9 cm³/mol. The van der Waals surface area contributed by atoms with Gasteiger partial charge in [-0.15, -0.1) is 0 Å². The monoisotopic (exact) mass is 126 g/mol. The van der Waals surface area contributed by atoms with Gasteiger partial charge in [-0.3, -0.25) is 0 Å². The summed E-state index contributed by atoms with van der Waals surface area (Å²) in [6, 6.07) is 0.185. The third-order valence-corrected chi connectivity index (χ3v) is 1.04. The second-order valence-corrected chi connectivity index (χ2v) is 2.21. The topological polar surface area (TPSA) is 52.0 Å². The Balaban J connectivity index is 2.48. The van der Waals surface area contributed by atoms with Crippen molar-refractivity contribution in [3.63, 3.8) is 0 Å². The smallest absolute Gasteiger partial charge is 0.127 e. The van der Waals surface area contributed by atoms with Crippen LogP contribution in [0.5, 0.6) is 0 Å². The molecule has 1 unspecified atom stereocenters. The van der Waals surface area contributed by atoms with E-state index in [4.69, 9.17) is 5.73 Å². The highest BCUT2D eigenvalue weighted by Crippen LogP contribution is 1.98. The minimum Gasteiger partial charge on any atom is -0.364 e. The van der Waals surface area contributed by atoms with Gasteiger partial charge in [0.05, 0.1) is 6.20 Å². The van der Waals surface area contributed by atoms with Crippen molar-refractivity contribution in [1.82, 2.24) is 5.16 Å². The summed E-state index contributed by atoms with van der Waals surface area (Å²) in [5.74, 6) is 0. The predicted octanol–water partition coefficient (Wildman–Crippen LogP) is 0.564. The molecule has 0 aliphatic rings. The van der Waals surface area contributed by atoms with Crippen LogP contribution < -0.4 is 5.73 Å². The van der Waals surface area contributed by atoms with Gasteiger partial charge in [-0.2, -0.15) is 0 Å². The van der Waals surface area contributed by atoms with E-state index in [1.54, 1.807) is 12.5 Å². The third kappa shape index (κ3) is 1.85. The van der Waals surface area contributed by atoms with Crippen LogP contribution >= 0.6 is 0 Å². The molecule has 0 aliphatic heterocycles. The highest BCUT2D eigenvalue weighted by Gasteiger charge is 1.97. The molecule has 0 saturated heterocycles. The summed E-state index contributed by atoms with van der Waals surface area (Å²) in [6.07, 6.45) is 4.14. The van der Waals surface area contributed by atoms with E-state index in [0.717, 1.165) is 12.0 Å². The molecule has 1 rings (SSSR count). The highest BCUT2D eigenvalue weighted by molar-refractivity contribution is 5.01. The Hall–Kier alpha value is -0.830. The van der Waals surface area contributed by atoms with Crippen LogP contribution in [-0.2, 0) is 6.42 Å². The molecule has 1 aromatic heterocycles. The lowest BCUT2D eigenvalue weighted by Gasteiger charge is -1.97. The molecular formula is C6H10N2O. The van der Waals surface area contributed by atoms with Gasteiger partial charge in [-0.1, -0.05) is 5.16 Å². The van der Waals surface area contributed by atoms with E-state index in [1.807, 2.05) is 6.92 Å². The van der Waals surface area contributed by atoms with E-state index in [-0.39, 0.29) is 6.04 Å². The van der Waals surface area contributed by atoms with Gasteiger partial charge in [-0.25, -0.2) is 0 Å². The molecule has 0 bridgehead atoms. The Morgan fingerprint density at radius 2 is 2.67 bits per heavy atom. The minimum absolute atomic E-state index is 0.185. The molecule has 50 valence electrons. The first kappa shape index (κ1) is 6.29. The van der Waals surface area contributed by atoms with Gasteiger partial charge in [0.15, 0.2) is 0 Å². The molecule has 1 aromatic rings. The second kappa shape index (κ2) is 2.64. The highest BCUT2D eigenvalue weighted by atomic mass is 16.5. The molecule has 9 heavy (non-hydrogen) atoms. The van der Waals surface area contributed by atoms with E-state index in [9.17, 15) is 0 Å². The number of aromatic nitrogens is 1. The Kier molecular flexibility index (Phi) is 1.85. The lowest BCUT2D eigenvalue weighted by Crippen LogP contribution is -2.17. The van der Waals surface area contributed by atoms with Crippen molar-refractivity contribution in [2.75, 3.05) is 0 Å². The Morgan fingerprint density at radius 1 is 1.89 bits per heavy atom. The number of hydrogen-bond acceptors (Lipinski definition) is 3. The standard InChI is InChI=1S/C6H10N2O/c1-5(7)2-6-3-8-9-4-6/h3-5H,2,7H2,1H3. The summed E-state index contributed by atoms with van der Waals surface area (Å²) in [5.41, 5.74) is 6.57. The van der Waals surface area contributed by atoms with Crippen LogP contribution in [0.25, 0.3) is 0 Å². The first-order chi connectivity index (χ1) is 4.29. The van der Waals surface area contributed by atoms with Crippen molar-refractivity contribution >= 4 is 0 Å². The van der Waals surface area contributed by atoms with Crippen LogP contribution in [0, 0.1) is 0 Å². The van der Waals surface area contributed by atoms with Crippen LogP contribution in [0.3, 0.4) is 0 Å². The zero-order valence-corrected chi connectivity index (χ0v) is 5.37. The molecule has 0 saturated carbocycles. The Labute approximate surface area is 53.8 Å². The van der Waals surface area contributed by atoms with Crippen molar-refractivity contribution in [3.05, 3.63) is 18.0 Å².